The Balaban J connectivity index is 1.90. The van der Waals surface area contributed by atoms with E-state index in [1.807, 2.05) is 39.0 Å². The topological polar surface area (TPSA) is 87.0 Å². The Labute approximate surface area is 298 Å². The van der Waals surface area contributed by atoms with Crippen molar-refractivity contribution in [3.63, 3.8) is 0 Å². The van der Waals surface area contributed by atoms with Crippen LogP contribution in [0.3, 0.4) is 0 Å². The number of methoxy groups -OCH3 is 1. The van der Waals surface area contributed by atoms with E-state index < -0.39 is 18.7 Å². The van der Waals surface area contributed by atoms with E-state index in [0.29, 0.717) is 16.7 Å². The van der Waals surface area contributed by atoms with Crippen LogP contribution < -0.4 is 10.6 Å². The molecule has 5 aromatic carbocycles. The molecule has 266 valence electrons. The molecule has 5 nitrogen and oxygen atoms in total. The quantitative estimate of drug-likeness (QED) is 0.129. The van der Waals surface area contributed by atoms with Gasteiger partial charge >= 0.3 is 299 Å². The summed E-state index contributed by atoms with van der Waals surface area (Å²) in [5.74, 6) is -0.560. The fraction of sp³-hybridized carbons (Fsp3) is 0.386. The van der Waals surface area contributed by atoms with Crippen molar-refractivity contribution in [3.8, 4) is 11.1 Å². The molecule has 0 saturated heterocycles. The van der Waals surface area contributed by atoms with Gasteiger partial charge in [-0.25, -0.2) is 0 Å². The summed E-state index contributed by atoms with van der Waals surface area (Å²) in [5, 5.41) is 3.82. The number of carbonyl (C=O) groups excluding carboxylic acids is 1. The Morgan fingerprint density at radius 1 is 0.500 bits per heavy atom. The van der Waals surface area contributed by atoms with E-state index in [9.17, 15) is 19.5 Å². The Hall–Kier alpha value is -3.60. The average molecular weight is 695 g/mol. The molecule has 0 unspecified atom stereocenters. The van der Waals surface area contributed by atoms with Crippen LogP contribution in [0.2, 0.25) is 0 Å². The number of fused-ring (bicyclic) bond motifs is 2. The molecule has 0 aliphatic carbocycles. The number of rotatable bonds is 4. The third kappa shape index (κ3) is 6.99. The molecule has 5 aromatic rings. The van der Waals surface area contributed by atoms with Crippen LogP contribution in [0, 0.1) is 0 Å². The van der Waals surface area contributed by atoms with Gasteiger partial charge in [0.15, 0.2) is 0 Å². The van der Waals surface area contributed by atoms with Crippen LogP contribution in [0.1, 0.15) is 116 Å². The van der Waals surface area contributed by atoms with Crippen LogP contribution in [0.4, 0.5) is 0 Å². The first-order chi connectivity index (χ1) is 22.7. The number of ether oxygens (including phenoxy) is 1. The molecular weight excluding hydrogens is 639 g/mol. The van der Waals surface area contributed by atoms with Gasteiger partial charge < -0.3 is 0 Å². The Bertz CT molecular complexity index is 2140. The molecule has 0 atom stereocenters. The zero-order chi connectivity index (χ0) is 37.4. The standard InChI is InChI=1S/C44H55O5P/c1-41(2,3)32-17-14-27-22-34(36(43(7,8)9)24-30(27)20-32)35-23-29(40(45)49-13)16-19-38(35)50(46,47,48)39-26-28-15-18-33(42(4,5)6)21-31(28)25-37(39)44(10,11)12/h14-26,46-48H,1-13H3. The monoisotopic (exact) mass is 694 g/mol. The molecule has 0 aliphatic rings. The Morgan fingerprint density at radius 3 is 1.44 bits per heavy atom. The number of benzene rings is 5. The van der Waals surface area contributed by atoms with E-state index >= 15 is 0 Å². The van der Waals surface area contributed by atoms with Crippen LogP contribution in [0.25, 0.3) is 32.7 Å². The minimum atomic E-state index is -5.93. The van der Waals surface area contributed by atoms with Gasteiger partial charge in [-0.15, -0.1) is 0 Å². The maximum atomic E-state index is 13.0. The minimum absolute atomic E-state index is 0.0315. The SMILES string of the molecule is COC(=O)c1ccc(P(O)(O)(O)c2cc3ccc(C(C)(C)C)cc3cc2C(C)(C)C)c(-c2cc3ccc(C(C)(C)C)cc3cc2C(C)(C)C)c1. The van der Waals surface area contributed by atoms with Gasteiger partial charge in [0.05, 0.1) is 0 Å². The predicted molar refractivity (Wildman–Crippen MR) is 212 cm³/mol. The summed E-state index contributed by atoms with van der Waals surface area (Å²) >= 11 is 0. The van der Waals surface area contributed by atoms with Gasteiger partial charge in [0, 0.05) is 0 Å². The number of esters is 1. The number of hydrogen-bond donors (Lipinski definition) is 3. The molecule has 50 heavy (non-hydrogen) atoms. The van der Waals surface area contributed by atoms with E-state index in [1.165, 1.54) is 24.8 Å². The van der Waals surface area contributed by atoms with Crippen LogP contribution in [0.15, 0.2) is 78.9 Å². The fourth-order valence-corrected chi connectivity index (χ4v) is 9.24. The number of carbonyl (C=O) groups is 1. The van der Waals surface area contributed by atoms with Gasteiger partial charge in [-0.3, -0.25) is 0 Å². The van der Waals surface area contributed by atoms with Gasteiger partial charge in [-0.1, -0.05) is 0 Å². The van der Waals surface area contributed by atoms with Crippen LogP contribution in [-0.4, -0.2) is 27.8 Å². The summed E-state index contributed by atoms with van der Waals surface area (Å²) in [6.45, 7) is 25.4. The van der Waals surface area contributed by atoms with Crippen LogP contribution in [0.5, 0.6) is 0 Å². The molecule has 0 spiro atoms. The second kappa shape index (κ2) is 12.0. The maximum absolute atomic E-state index is 13.0. The third-order valence-corrected chi connectivity index (χ3v) is 12.4. The van der Waals surface area contributed by atoms with Crippen molar-refractivity contribution in [1.29, 1.82) is 0 Å². The average Bonchev–Trinajstić information content (AvgIpc) is 3.00. The van der Waals surface area contributed by atoms with E-state index in [4.69, 9.17) is 4.74 Å². The molecule has 0 aliphatic heterocycles. The van der Waals surface area contributed by atoms with E-state index in [1.54, 1.807) is 12.1 Å². The first kappa shape index (κ1) is 37.7. The van der Waals surface area contributed by atoms with Gasteiger partial charge in [-0.05, 0) is 0 Å². The summed E-state index contributed by atoms with van der Waals surface area (Å²) < 4.78 is 5.10. The fourth-order valence-electron chi connectivity index (χ4n) is 6.79. The zero-order valence-electron chi connectivity index (χ0n) is 32.1. The second-order valence-electron chi connectivity index (χ2n) is 18.1. The third-order valence-electron chi connectivity index (χ3n) is 9.87. The van der Waals surface area contributed by atoms with Gasteiger partial charge in [0.25, 0.3) is 0 Å². The van der Waals surface area contributed by atoms with Crippen LogP contribution in [-0.2, 0) is 26.4 Å². The predicted octanol–water partition coefficient (Wildman–Crippen LogP) is 9.86. The van der Waals surface area contributed by atoms with Crippen LogP contribution >= 0.6 is 7.28 Å². The van der Waals surface area contributed by atoms with Gasteiger partial charge in [0.2, 0.25) is 0 Å². The molecule has 5 rings (SSSR count). The summed E-state index contributed by atoms with van der Waals surface area (Å²) in [6, 6.07) is 25.1. The Kier molecular flexibility index (Phi) is 9.03. The van der Waals surface area contributed by atoms with Crippen molar-refractivity contribution < 1.29 is 24.2 Å². The van der Waals surface area contributed by atoms with Crippen molar-refractivity contribution in [1.82, 2.24) is 0 Å². The first-order valence-electron chi connectivity index (χ1n) is 17.4. The van der Waals surface area contributed by atoms with Crippen molar-refractivity contribution in [2.45, 2.75) is 105 Å². The zero-order valence-corrected chi connectivity index (χ0v) is 33.0. The van der Waals surface area contributed by atoms with Gasteiger partial charge in [0.1, 0.15) is 0 Å². The molecule has 0 bridgehead atoms. The molecular formula is C44H55O5P. The van der Waals surface area contributed by atoms with E-state index in [2.05, 4.69) is 98.7 Å². The first-order valence-corrected chi connectivity index (χ1v) is 19.5. The summed E-state index contributed by atoms with van der Waals surface area (Å²) in [7, 11) is -4.61. The van der Waals surface area contributed by atoms with Crippen molar-refractivity contribution >= 4 is 45.4 Å². The molecule has 0 heterocycles. The number of hydrogen-bond acceptors (Lipinski definition) is 5. The van der Waals surface area contributed by atoms with E-state index in [-0.39, 0.29) is 32.4 Å². The van der Waals surface area contributed by atoms with Crippen molar-refractivity contribution in [2.24, 2.45) is 0 Å². The molecule has 0 amide bonds. The summed E-state index contributed by atoms with van der Waals surface area (Å²) in [4.78, 5) is 51.1. The summed E-state index contributed by atoms with van der Waals surface area (Å²) in [5.41, 5.74) is 4.18. The van der Waals surface area contributed by atoms with Crippen molar-refractivity contribution in [2.75, 3.05) is 7.11 Å². The summed E-state index contributed by atoms with van der Waals surface area (Å²) in [6.07, 6.45) is 0. The van der Waals surface area contributed by atoms with Crippen molar-refractivity contribution in [3.05, 3.63) is 107 Å². The molecule has 0 radical (unpaired) electrons. The van der Waals surface area contributed by atoms with E-state index in [0.717, 1.165) is 32.7 Å². The Morgan fingerprint density at radius 2 is 0.980 bits per heavy atom. The second-order valence-corrected chi connectivity index (χ2v) is 21.0. The normalized spacial score (nSPS) is 14.1. The molecule has 3 N–H and O–H groups in total. The van der Waals surface area contributed by atoms with Gasteiger partial charge in [-0.2, -0.15) is 0 Å². The molecule has 6 heteroatoms. The molecule has 0 saturated carbocycles. The molecule has 0 aromatic heterocycles. The molecule has 0 fully saturated rings.